The van der Waals surface area contributed by atoms with Crippen molar-refractivity contribution in [2.75, 3.05) is 7.11 Å². The van der Waals surface area contributed by atoms with E-state index in [1.165, 1.54) is 11.8 Å². The zero-order valence-corrected chi connectivity index (χ0v) is 8.08. The van der Waals surface area contributed by atoms with Gasteiger partial charge in [0.2, 0.25) is 0 Å². The highest BCUT2D eigenvalue weighted by molar-refractivity contribution is 5.56. The molecule has 0 aliphatic rings. The van der Waals surface area contributed by atoms with E-state index in [0.717, 1.165) is 0 Å². The summed E-state index contributed by atoms with van der Waals surface area (Å²) in [6.07, 6.45) is 3.23. The number of methoxy groups -OCH3 is 1. The van der Waals surface area contributed by atoms with E-state index < -0.39 is 0 Å². The Morgan fingerprint density at radius 1 is 1.47 bits per heavy atom. The van der Waals surface area contributed by atoms with Crippen LogP contribution in [0.3, 0.4) is 0 Å². The van der Waals surface area contributed by atoms with Crippen LogP contribution in [-0.4, -0.2) is 22.1 Å². The molecule has 0 N–H and O–H groups in total. The molecule has 5 nitrogen and oxygen atoms in total. The van der Waals surface area contributed by atoms with Gasteiger partial charge in [0.05, 0.1) is 25.2 Å². The van der Waals surface area contributed by atoms with Crippen LogP contribution in [0.4, 0.5) is 0 Å². The van der Waals surface area contributed by atoms with Gasteiger partial charge in [-0.3, -0.25) is 0 Å². The molecule has 0 radical (unpaired) electrons. The second-order valence-corrected chi connectivity index (χ2v) is 2.81. The van der Waals surface area contributed by atoms with Crippen molar-refractivity contribution >= 4 is 0 Å². The van der Waals surface area contributed by atoms with E-state index in [1.54, 1.807) is 30.6 Å². The minimum atomic E-state index is 0.450. The van der Waals surface area contributed by atoms with E-state index in [-0.39, 0.29) is 0 Å². The van der Waals surface area contributed by atoms with Crippen LogP contribution < -0.4 is 4.74 Å². The molecule has 15 heavy (non-hydrogen) atoms. The van der Waals surface area contributed by atoms with Crippen LogP contribution in [0.1, 0.15) is 5.56 Å². The number of nitriles is 1. The summed E-state index contributed by atoms with van der Waals surface area (Å²) in [6, 6.07) is 7.41. The summed E-state index contributed by atoms with van der Waals surface area (Å²) < 4.78 is 6.62. The van der Waals surface area contributed by atoms with Gasteiger partial charge in [0.15, 0.2) is 0 Å². The smallest absolute Gasteiger partial charge is 0.138 e. The third-order valence-electron chi connectivity index (χ3n) is 2.01. The summed E-state index contributed by atoms with van der Waals surface area (Å²) in [6.45, 7) is 0. The molecular formula is C10H8N4O. The molecule has 5 heteroatoms. The van der Waals surface area contributed by atoms with Gasteiger partial charge in [-0.1, -0.05) is 11.3 Å². The molecular weight excluding hydrogens is 192 g/mol. The third-order valence-corrected chi connectivity index (χ3v) is 2.01. The van der Waals surface area contributed by atoms with E-state index in [1.807, 2.05) is 0 Å². The van der Waals surface area contributed by atoms with E-state index in [9.17, 15) is 0 Å². The fourth-order valence-corrected chi connectivity index (χ4v) is 1.33. The van der Waals surface area contributed by atoms with Crippen molar-refractivity contribution in [2.45, 2.75) is 0 Å². The Labute approximate surface area is 86.5 Å². The quantitative estimate of drug-likeness (QED) is 0.729. The van der Waals surface area contributed by atoms with Crippen molar-refractivity contribution in [1.82, 2.24) is 15.0 Å². The maximum absolute atomic E-state index is 9.04. The van der Waals surface area contributed by atoms with Gasteiger partial charge in [-0.2, -0.15) is 5.26 Å². The number of benzene rings is 1. The number of hydrogen-bond acceptors (Lipinski definition) is 4. The topological polar surface area (TPSA) is 63.7 Å². The first kappa shape index (κ1) is 9.21. The molecule has 0 amide bonds. The fourth-order valence-electron chi connectivity index (χ4n) is 1.33. The molecule has 0 fully saturated rings. The first-order valence-corrected chi connectivity index (χ1v) is 4.30. The van der Waals surface area contributed by atoms with Crippen molar-refractivity contribution < 1.29 is 4.74 Å². The lowest BCUT2D eigenvalue weighted by atomic mass is 10.2. The van der Waals surface area contributed by atoms with E-state index in [2.05, 4.69) is 16.4 Å². The van der Waals surface area contributed by atoms with Crippen LogP contribution in [0.15, 0.2) is 30.6 Å². The van der Waals surface area contributed by atoms with Crippen molar-refractivity contribution in [2.24, 2.45) is 0 Å². The van der Waals surface area contributed by atoms with E-state index in [4.69, 9.17) is 10.00 Å². The van der Waals surface area contributed by atoms with Crippen LogP contribution in [0, 0.1) is 11.3 Å². The van der Waals surface area contributed by atoms with Gasteiger partial charge in [-0.05, 0) is 12.1 Å². The SMILES string of the molecule is COc1cccc(-n2ccnn2)c1C#N. The number of rotatable bonds is 2. The second kappa shape index (κ2) is 3.80. The highest BCUT2D eigenvalue weighted by Gasteiger charge is 2.09. The molecule has 74 valence electrons. The van der Waals surface area contributed by atoms with Crippen LogP contribution in [0.5, 0.6) is 5.75 Å². The summed E-state index contributed by atoms with van der Waals surface area (Å²) in [4.78, 5) is 0. The van der Waals surface area contributed by atoms with Crippen LogP contribution >= 0.6 is 0 Å². The normalized spacial score (nSPS) is 9.60. The molecule has 0 aliphatic heterocycles. The molecule has 1 heterocycles. The molecule has 0 saturated carbocycles. The average Bonchev–Trinajstić information content (AvgIpc) is 2.81. The fraction of sp³-hybridized carbons (Fsp3) is 0.100. The maximum Gasteiger partial charge on any atom is 0.138 e. The molecule has 0 saturated heterocycles. The lowest BCUT2D eigenvalue weighted by molar-refractivity contribution is 0.413. The predicted molar refractivity (Wildman–Crippen MR) is 52.6 cm³/mol. The van der Waals surface area contributed by atoms with Gasteiger partial charge < -0.3 is 4.74 Å². The molecule has 1 aromatic heterocycles. The third kappa shape index (κ3) is 1.53. The Morgan fingerprint density at radius 3 is 2.93 bits per heavy atom. The Kier molecular flexibility index (Phi) is 2.33. The van der Waals surface area contributed by atoms with Crippen molar-refractivity contribution in [3.63, 3.8) is 0 Å². The predicted octanol–water partition coefficient (Wildman–Crippen LogP) is 1.15. The summed E-state index contributed by atoms with van der Waals surface area (Å²) in [7, 11) is 1.53. The molecule has 0 aliphatic carbocycles. The van der Waals surface area contributed by atoms with Gasteiger partial charge in [0.1, 0.15) is 17.4 Å². The van der Waals surface area contributed by atoms with Gasteiger partial charge >= 0.3 is 0 Å². The van der Waals surface area contributed by atoms with E-state index >= 15 is 0 Å². The van der Waals surface area contributed by atoms with Crippen LogP contribution in [0.25, 0.3) is 5.69 Å². The van der Waals surface area contributed by atoms with Crippen LogP contribution in [0.2, 0.25) is 0 Å². The molecule has 2 rings (SSSR count). The van der Waals surface area contributed by atoms with E-state index in [0.29, 0.717) is 17.0 Å². The highest BCUT2D eigenvalue weighted by Crippen LogP contribution is 2.23. The highest BCUT2D eigenvalue weighted by atomic mass is 16.5. The lowest BCUT2D eigenvalue weighted by Gasteiger charge is -2.06. The van der Waals surface area contributed by atoms with Gasteiger partial charge in [-0.15, -0.1) is 5.10 Å². The summed E-state index contributed by atoms with van der Waals surface area (Å²) in [5.74, 6) is 0.533. The largest absolute Gasteiger partial charge is 0.495 e. The molecule has 0 bridgehead atoms. The zero-order valence-electron chi connectivity index (χ0n) is 8.08. The van der Waals surface area contributed by atoms with Gasteiger partial charge in [0.25, 0.3) is 0 Å². The van der Waals surface area contributed by atoms with Gasteiger partial charge in [0, 0.05) is 0 Å². The second-order valence-electron chi connectivity index (χ2n) is 2.81. The summed E-state index contributed by atoms with van der Waals surface area (Å²) >= 11 is 0. The molecule has 0 spiro atoms. The number of hydrogen-bond donors (Lipinski definition) is 0. The minimum Gasteiger partial charge on any atom is -0.495 e. The first-order valence-electron chi connectivity index (χ1n) is 4.30. The maximum atomic E-state index is 9.04. The zero-order chi connectivity index (χ0) is 10.7. The Bertz CT molecular complexity index is 499. The molecule has 0 unspecified atom stereocenters. The van der Waals surface area contributed by atoms with Gasteiger partial charge in [-0.25, -0.2) is 4.68 Å². The standard InChI is InChI=1S/C10H8N4O/c1-15-10-4-2-3-9(8(10)7-11)14-6-5-12-13-14/h2-6H,1H3. The Hall–Kier alpha value is -2.35. The van der Waals surface area contributed by atoms with Crippen molar-refractivity contribution in [3.8, 4) is 17.5 Å². The molecule has 1 aromatic carbocycles. The summed E-state index contributed by atoms with van der Waals surface area (Å²) in [5.41, 5.74) is 1.11. The number of ether oxygens (including phenoxy) is 1. The first-order chi connectivity index (χ1) is 7.36. The Morgan fingerprint density at radius 2 is 2.33 bits per heavy atom. The molecule has 2 aromatic rings. The van der Waals surface area contributed by atoms with Crippen molar-refractivity contribution in [1.29, 1.82) is 5.26 Å². The average molecular weight is 200 g/mol. The lowest BCUT2D eigenvalue weighted by Crippen LogP contribution is -2.00. The van der Waals surface area contributed by atoms with Crippen molar-refractivity contribution in [3.05, 3.63) is 36.2 Å². The van der Waals surface area contributed by atoms with Crippen LogP contribution in [-0.2, 0) is 0 Å². The monoisotopic (exact) mass is 200 g/mol. The number of aromatic nitrogens is 3. The molecule has 0 atom stereocenters. The Balaban J connectivity index is 2.63. The minimum absolute atomic E-state index is 0.450. The number of nitrogens with zero attached hydrogens (tertiary/aromatic N) is 4. The summed E-state index contributed by atoms with van der Waals surface area (Å²) in [5, 5.41) is 16.6.